The summed E-state index contributed by atoms with van der Waals surface area (Å²) in [4.78, 5) is 0. The molecule has 2 nitrogen and oxygen atoms in total. The number of ether oxygens (including phenoxy) is 1. The van der Waals surface area contributed by atoms with E-state index in [-0.39, 0.29) is 11.3 Å². The Morgan fingerprint density at radius 1 is 1.31 bits per heavy atom. The molecular formula is C10H7F4NO. The minimum absolute atomic E-state index is 0.0209. The van der Waals surface area contributed by atoms with Crippen LogP contribution in [0.15, 0.2) is 24.3 Å². The molecule has 0 spiro atoms. The van der Waals surface area contributed by atoms with Gasteiger partial charge in [0, 0.05) is 0 Å². The van der Waals surface area contributed by atoms with Crippen molar-refractivity contribution in [1.29, 1.82) is 5.26 Å². The Balaban J connectivity index is 2.72. The zero-order valence-electron chi connectivity index (χ0n) is 7.96. The second-order valence-electron chi connectivity index (χ2n) is 2.96. The summed E-state index contributed by atoms with van der Waals surface area (Å²) in [5.41, 5.74) is 0.0209. The van der Waals surface area contributed by atoms with Crippen molar-refractivity contribution < 1.29 is 22.3 Å². The van der Waals surface area contributed by atoms with Crippen LogP contribution in [0.4, 0.5) is 17.6 Å². The van der Waals surface area contributed by atoms with Crippen molar-refractivity contribution in [1.82, 2.24) is 0 Å². The summed E-state index contributed by atoms with van der Waals surface area (Å²) in [6, 6.07) is 7.28. The number of para-hydroxylation sites is 1. The summed E-state index contributed by atoms with van der Waals surface area (Å²) in [7, 11) is 0. The van der Waals surface area contributed by atoms with Gasteiger partial charge < -0.3 is 4.74 Å². The van der Waals surface area contributed by atoms with E-state index in [4.69, 9.17) is 5.26 Å². The standard InChI is InChI=1S/C10H7F4NO/c11-9(12)10(13,14)6-16-8-4-2-1-3-7(8)5-15/h1-4,9H,6H2. The van der Waals surface area contributed by atoms with Gasteiger partial charge in [0.15, 0.2) is 6.61 Å². The van der Waals surface area contributed by atoms with E-state index >= 15 is 0 Å². The van der Waals surface area contributed by atoms with Crippen LogP contribution >= 0.6 is 0 Å². The smallest absolute Gasteiger partial charge is 0.340 e. The first-order valence-electron chi connectivity index (χ1n) is 4.25. The molecule has 0 amide bonds. The average molecular weight is 233 g/mol. The number of nitrogens with zero attached hydrogens (tertiary/aromatic N) is 1. The van der Waals surface area contributed by atoms with Crippen molar-refractivity contribution in [2.75, 3.05) is 6.61 Å². The van der Waals surface area contributed by atoms with Crippen LogP contribution < -0.4 is 4.74 Å². The predicted molar refractivity (Wildman–Crippen MR) is 47.6 cm³/mol. The third kappa shape index (κ3) is 2.86. The molecule has 16 heavy (non-hydrogen) atoms. The average Bonchev–Trinajstić information content (AvgIpc) is 2.26. The molecule has 0 aliphatic carbocycles. The number of alkyl halides is 4. The topological polar surface area (TPSA) is 33.0 Å². The van der Waals surface area contributed by atoms with E-state index < -0.39 is 19.0 Å². The van der Waals surface area contributed by atoms with Gasteiger partial charge in [0.2, 0.25) is 0 Å². The number of nitriles is 1. The second kappa shape index (κ2) is 4.84. The van der Waals surface area contributed by atoms with Crippen molar-refractivity contribution in [2.45, 2.75) is 12.3 Å². The van der Waals surface area contributed by atoms with E-state index in [1.165, 1.54) is 24.3 Å². The maximum atomic E-state index is 12.5. The predicted octanol–water partition coefficient (Wildman–Crippen LogP) is 2.84. The molecule has 0 saturated carbocycles. The molecule has 0 atom stereocenters. The molecule has 86 valence electrons. The lowest BCUT2D eigenvalue weighted by molar-refractivity contribution is -0.148. The molecule has 1 aromatic carbocycles. The lowest BCUT2D eigenvalue weighted by atomic mass is 10.2. The SMILES string of the molecule is N#Cc1ccccc1OCC(F)(F)C(F)F. The third-order valence-electron chi connectivity index (χ3n) is 1.75. The van der Waals surface area contributed by atoms with Gasteiger partial charge in [-0.25, -0.2) is 8.78 Å². The van der Waals surface area contributed by atoms with Crippen molar-refractivity contribution in [3.8, 4) is 11.8 Å². The summed E-state index contributed by atoms with van der Waals surface area (Å²) >= 11 is 0. The number of hydrogen-bond donors (Lipinski definition) is 0. The van der Waals surface area contributed by atoms with E-state index in [0.29, 0.717) is 0 Å². The van der Waals surface area contributed by atoms with Crippen LogP contribution in [0.1, 0.15) is 5.56 Å². The van der Waals surface area contributed by atoms with Gasteiger partial charge in [0.05, 0.1) is 5.56 Å². The lowest BCUT2D eigenvalue weighted by Crippen LogP contribution is -2.33. The molecule has 0 fully saturated rings. The highest BCUT2D eigenvalue weighted by Gasteiger charge is 2.41. The minimum Gasteiger partial charge on any atom is -0.486 e. The molecule has 1 rings (SSSR count). The fraction of sp³-hybridized carbons (Fsp3) is 0.300. The Bertz CT molecular complexity index is 400. The van der Waals surface area contributed by atoms with Gasteiger partial charge >= 0.3 is 12.3 Å². The molecule has 0 aromatic heterocycles. The summed E-state index contributed by atoms with van der Waals surface area (Å²) < 4.78 is 53.1. The quantitative estimate of drug-likeness (QED) is 0.749. The monoisotopic (exact) mass is 233 g/mol. The highest BCUT2D eigenvalue weighted by molar-refractivity contribution is 5.42. The first-order valence-corrected chi connectivity index (χ1v) is 4.25. The third-order valence-corrected chi connectivity index (χ3v) is 1.75. The summed E-state index contributed by atoms with van der Waals surface area (Å²) in [5, 5.41) is 8.59. The molecule has 0 N–H and O–H groups in total. The number of halogens is 4. The van der Waals surface area contributed by atoms with Gasteiger partial charge in [0.25, 0.3) is 0 Å². The van der Waals surface area contributed by atoms with Gasteiger partial charge in [-0.1, -0.05) is 12.1 Å². The fourth-order valence-electron chi connectivity index (χ4n) is 0.922. The summed E-state index contributed by atoms with van der Waals surface area (Å²) in [6.07, 6.45) is -3.79. The summed E-state index contributed by atoms with van der Waals surface area (Å²) in [6.45, 7) is -1.46. The molecule has 0 bridgehead atoms. The molecule has 0 unspecified atom stereocenters. The number of rotatable bonds is 4. The zero-order chi connectivity index (χ0) is 12.2. The van der Waals surface area contributed by atoms with E-state index in [0.717, 1.165) is 0 Å². The first kappa shape index (κ1) is 12.3. The van der Waals surface area contributed by atoms with Gasteiger partial charge in [-0.2, -0.15) is 14.0 Å². The van der Waals surface area contributed by atoms with Gasteiger partial charge in [-0.3, -0.25) is 0 Å². The van der Waals surface area contributed by atoms with Crippen LogP contribution in [0.5, 0.6) is 5.75 Å². The van der Waals surface area contributed by atoms with E-state index in [1.54, 1.807) is 6.07 Å². The van der Waals surface area contributed by atoms with Crippen molar-refractivity contribution in [3.63, 3.8) is 0 Å². The Morgan fingerprint density at radius 3 is 2.50 bits per heavy atom. The van der Waals surface area contributed by atoms with E-state index in [2.05, 4.69) is 4.74 Å². The van der Waals surface area contributed by atoms with Crippen LogP contribution in [-0.2, 0) is 0 Å². The van der Waals surface area contributed by atoms with Gasteiger partial charge in [0.1, 0.15) is 11.8 Å². The van der Waals surface area contributed by atoms with E-state index in [9.17, 15) is 17.6 Å². The maximum Gasteiger partial charge on any atom is 0.340 e. The van der Waals surface area contributed by atoms with Gasteiger partial charge in [-0.05, 0) is 12.1 Å². The highest BCUT2D eigenvalue weighted by atomic mass is 19.3. The number of hydrogen-bond acceptors (Lipinski definition) is 2. The lowest BCUT2D eigenvalue weighted by Gasteiger charge is -2.16. The molecule has 1 aromatic rings. The number of benzene rings is 1. The molecule has 0 saturated heterocycles. The van der Waals surface area contributed by atoms with Crippen molar-refractivity contribution >= 4 is 0 Å². The maximum absolute atomic E-state index is 12.5. The zero-order valence-corrected chi connectivity index (χ0v) is 7.96. The van der Waals surface area contributed by atoms with Crippen molar-refractivity contribution in [3.05, 3.63) is 29.8 Å². The molecule has 0 aliphatic heterocycles. The highest BCUT2D eigenvalue weighted by Crippen LogP contribution is 2.25. The molecule has 0 aliphatic rings. The first-order chi connectivity index (χ1) is 7.47. The van der Waals surface area contributed by atoms with Crippen LogP contribution in [-0.4, -0.2) is 19.0 Å². The molecular weight excluding hydrogens is 226 g/mol. The normalized spacial score (nSPS) is 11.2. The van der Waals surface area contributed by atoms with Crippen LogP contribution in [0.2, 0.25) is 0 Å². The van der Waals surface area contributed by atoms with Crippen LogP contribution in [0, 0.1) is 11.3 Å². The molecule has 0 heterocycles. The minimum atomic E-state index is -4.22. The molecule has 0 radical (unpaired) electrons. The Labute approximate surface area is 89.1 Å². The Morgan fingerprint density at radius 2 is 1.94 bits per heavy atom. The van der Waals surface area contributed by atoms with Crippen molar-refractivity contribution in [2.24, 2.45) is 0 Å². The largest absolute Gasteiger partial charge is 0.486 e. The van der Waals surface area contributed by atoms with E-state index in [1.807, 2.05) is 0 Å². The second-order valence-corrected chi connectivity index (χ2v) is 2.96. The van der Waals surface area contributed by atoms with Crippen LogP contribution in [0.25, 0.3) is 0 Å². The Hall–Kier alpha value is -1.77. The van der Waals surface area contributed by atoms with Gasteiger partial charge in [-0.15, -0.1) is 0 Å². The summed E-state index contributed by atoms with van der Waals surface area (Å²) in [5.74, 6) is -4.35. The molecule has 6 heteroatoms. The Kier molecular flexibility index (Phi) is 3.72. The fourth-order valence-corrected chi connectivity index (χ4v) is 0.922. The van der Waals surface area contributed by atoms with Crippen LogP contribution in [0.3, 0.4) is 0 Å².